The Kier molecular flexibility index (Phi) is 3.69. The summed E-state index contributed by atoms with van der Waals surface area (Å²) in [6, 6.07) is 0. The van der Waals surface area contributed by atoms with Gasteiger partial charge in [-0.25, -0.2) is 4.98 Å². The Morgan fingerprint density at radius 1 is 1.35 bits per heavy atom. The van der Waals surface area contributed by atoms with Gasteiger partial charge in [0.1, 0.15) is 0 Å². The fourth-order valence-electron chi connectivity index (χ4n) is 3.75. The summed E-state index contributed by atoms with van der Waals surface area (Å²) >= 11 is 0. The molecule has 2 aliphatic rings. The second kappa shape index (κ2) is 5.72. The van der Waals surface area contributed by atoms with Crippen LogP contribution in [0.4, 0.5) is 0 Å². The largest absolute Gasteiger partial charge is 0.381 e. The Labute approximate surface area is 135 Å². The Morgan fingerprint density at radius 3 is 2.91 bits per heavy atom. The molecule has 0 unspecified atom stereocenters. The van der Waals surface area contributed by atoms with E-state index in [4.69, 9.17) is 9.26 Å². The van der Waals surface area contributed by atoms with Crippen LogP contribution in [0.5, 0.6) is 0 Å². The zero-order valence-corrected chi connectivity index (χ0v) is 13.7. The summed E-state index contributed by atoms with van der Waals surface area (Å²) in [7, 11) is 0. The van der Waals surface area contributed by atoms with Gasteiger partial charge in [0.05, 0.1) is 24.1 Å². The van der Waals surface area contributed by atoms with Gasteiger partial charge in [-0.3, -0.25) is 4.90 Å². The first kappa shape index (κ1) is 14.8. The van der Waals surface area contributed by atoms with Gasteiger partial charge in [-0.2, -0.15) is 4.98 Å². The van der Waals surface area contributed by atoms with Crippen LogP contribution in [0.2, 0.25) is 0 Å². The van der Waals surface area contributed by atoms with Gasteiger partial charge in [-0.1, -0.05) is 19.0 Å². The van der Waals surface area contributed by atoms with Crippen LogP contribution < -0.4 is 0 Å². The number of hydrogen-bond donors (Lipinski definition) is 1. The summed E-state index contributed by atoms with van der Waals surface area (Å²) in [5.74, 6) is 1.73. The number of H-pyrrole nitrogens is 1. The zero-order chi connectivity index (χ0) is 15.9. The van der Waals surface area contributed by atoms with Gasteiger partial charge in [-0.05, 0) is 12.8 Å². The molecule has 2 aromatic heterocycles. The number of nitrogens with zero attached hydrogens (tertiary/aromatic N) is 4. The molecule has 0 radical (unpaired) electrons. The van der Waals surface area contributed by atoms with E-state index in [1.807, 2.05) is 6.33 Å². The molecule has 2 aliphatic heterocycles. The summed E-state index contributed by atoms with van der Waals surface area (Å²) in [6.45, 7) is 7.34. The molecule has 1 fully saturated rings. The molecule has 7 nitrogen and oxygen atoms in total. The highest BCUT2D eigenvalue weighted by atomic mass is 16.5. The number of hydrogen-bond acceptors (Lipinski definition) is 6. The number of imidazole rings is 1. The molecule has 0 atom stereocenters. The standard InChI is InChI=1S/C16H23N5O2/c1-11(2)15-19-13(20-23-15)9-21-6-3-12-14(18-10-17-12)16(21)4-7-22-8-5-16/h10-11H,3-9H2,1-2H3,(H,17,18). The van der Waals surface area contributed by atoms with Crippen molar-refractivity contribution in [3.8, 4) is 0 Å². The lowest BCUT2D eigenvalue weighted by Gasteiger charge is -2.47. The Bertz CT molecular complexity index is 672. The molecular formula is C16H23N5O2. The van der Waals surface area contributed by atoms with Gasteiger partial charge >= 0.3 is 0 Å². The van der Waals surface area contributed by atoms with Crippen molar-refractivity contribution in [2.75, 3.05) is 19.8 Å². The van der Waals surface area contributed by atoms with Crippen LogP contribution in [0.25, 0.3) is 0 Å². The Morgan fingerprint density at radius 2 is 2.17 bits per heavy atom. The minimum atomic E-state index is -0.0650. The molecule has 1 N–H and O–H groups in total. The first-order valence-electron chi connectivity index (χ1n) is 8.37. The number of nitrogens with one attached hydrogen (secondary N) is 1. The first-order chi connectivity index (χ1) is 11.2. The van der Waals surface area contributed by atoms with Crippen molar-refractivity contribution in [1.29, 1.82) is 0 Å². The number of fused-ring (bicyclic) bond motifs is 2. The number of aromatic nitrogens is 4. The van der Waals surface area contributed by atoms with Gasteiger partial charge in [0.15, 0.2) is 5.82 Å². The molecule has 0 amide bonds. The summed E-state index contributed by atoms with van der Waals surface area (Å²) in [4.78, 5) is 15.0. The maximum Gasteiger partial charge on any atom is 0.229 e. The van der Waals surface area contributed by atoms with E-state index in [2.05, 4.69) is 38.9 Å². The van der Waals surface area contributed by atoms with E-state index in [9.17, 15) is 0 Å². The molecule has 124 valence electrons. The van der Waals surface area contributed by atoms with E-state index in [0.29, 0.717) is 12.4 Å². The van der Waals surface area contributed by atoms with Crippen molar-refractivity contribution in [2.45, 2.75) is 51.1 Å². The molecule has 1 saturated heterocycles. The maximum atomic E-state index is 5.61. The van der Waals surface area contributed by atoms with Crippen LogP contribution in [0.3, 0.4) is 0 Å². The van der Waals surface area contributed by atoms with Crippen molar-refractivity contribution < 1.29 is 9.26 Å². The zero-order valence-electron chi connectivity index (χ0n) is 13.7. The fourth-order valence-corrected chi connectivity index (χ4v) is 3.75. The van der Waals surface area contributed by atoms with Gasteiger partial charge < -0.3 is 14.2 Å². The van der Waals surface area contributed by atoms with Crippen molar-refractivity contribution >= 4 is 0 Å². The maximum absolute atomic E-state index is 5.61. The molecule has 4 rings (SSSR count). The van der Waals surface area contributed by atoms with Crippen LogP contribution in [0, 0.1) is 0 Å². The SMILES string of the molecule is CC(C)c1nc(CN2CCc3[nH]cnc3C23CCOCC3)no1. The molecule has 23 heavy (non-hydrogen) atoms. The average Bonchev–Trinajstić information content (AvgIpc) is 3.21. The lowest BCUT2D eigenvalue weighted by molar-refractivity contribution is -0.0462. The molecule has 0 saturated carbocycles. The summed E-state index contributed by atoms with van der Waals surface area (Å²) in [5, 5.41) is 4.17. The van der Waals surface area contributed by atoms with Gasteiger partial charge in [0, 0.05) is 37.8 Å². The van der Waals surface area contributed by atoms with E-state index in [-0.39, 0.29) is 11.5 Å². The van der Waals surface area contributed by atoms with Crippen molar-refractivity contribution in [2.24, 2.45) is 0 Å². The van der Waals surface area contributed by atoms with E-state index >= 15 is 0 Å². The summed E-state index contributed by atoms with van der Waals surface area (Å²) in [6.07, 6.45) is 4.71. The van der Waals surface area contributed by atoms with Gasteiger partial charge in [0.25, 0.3) is 0 Å². The second-order valence-corrected chi connectivity index (χ2v) is 6.75. The number of rotatable bonds is 3. The third kappa shape index (κ3) is 2.48. The second-order valence-electron chi connectivity index (χ2n) is 6.75. The quantitative estimate of drug-likeness (QED) is 0.932. The van der Waals surface area contributed by atoms with Crippen molar-refractivity contribution in [3.63, 3.8) is 0 Å². The van der Waals surface area contributed by atoms with E-state index in [0.717, 1.165) is 44.8 Å². The molecule has 0 aromatic carbocycles. The normalized spacial score (nSPS) is 21.0. The van der Waals surface area contributed by atoms with Gasteiger partial charge in [-0.15, -0.1) is 0 Å². The minimum Gasteiger partial charge on any atom is -0.381 e. The summed E-state index contributed by atoms with van der Waals surface area (Å²) in [5.41, 5.74) is 2.38. The smallest absolute Gasteiger partial charge is 0.229 e. The number of ether oxygens (including phenoxy) is 1. The Balaban J connectivity index is 1.64. The van der Waals surface area contributed by atoms with Crippen LogP contribution in [-0.2, 0) is 23.2 Å². The van der Waals surface area contributed by atoms with E-state index < -0.39 is 0 Å². The van der Waals surface area contributed by atoms with Crippen LogP contribution in [0.1, 0.15) is 55.7 Å². The third-order valence-corrected chi connectivity index (χ3v) is 5.03. The first-order valence-corrected chi connectivity index (χ1v) is 8.37. The highest BCUT2D eigenvalue weighted by Crippen LogP contribution is 2.42. The number of aromatic amines is 1. The molecule has 2 aromatic rings. The van der Waals surface area contributed by atoms with Crippen LogP contribution in [0.15, 0.2) is 10.9 Å². The lowest BCUT2D eigenvalue weighted by atomic mass is 9.80. The summed E-state index contributed by atoms with van der Waals surface area (Å²) < 4.78 is 11.0. The highest BCUT2D eigenvalue weighted by molar-refractivity contribution is 5.26. The van der Waals surface area contributed by atoms with E-state index in [1.165, 1.54) is 11.4 Å². The average molecular weight is 317 g/mol. The van der Waals surface area contributed by atoms with E-state index in [1.54, 1.807) is 0 Å². The topological polar surface area (TPSA) is 80.1 Å². The Hall–Kier alpha value is -1.73. The highest BCUT2D eigenvalue weighted by Gasteiger charge is 2.46. The molecule has 0 bridgehead atoms. The monoisotopic (exact) mass is 317 g/mol. The minimum absolute atomic E-state index is 0.0650. The van der Waals surface area contributed by atoms with Crippen molar-refractivity contribution in [1.82, 2.24) is 25.0 Å². The molecular weight excluding hydrogens is 294 g/mol. The predicted molar refractivity (Wildman–Crippen MR) is 82.8 cm³/mol. The van der Waals surface area contributed by atoms with Crippen LogP contribution in [-0.4, -0.2) is 44.8 Å². The molecule has 7 heteroatoms. The lowest BCUT2D eigenvalue weighted by Crippen LogP contribution is -2.53. The molecule has 0 aliphatic carbocycles. The third-order valence-electron chi connectivity index (χ3n) is 5.03. The van der Waals surface area contributed by atoms with Crippen LogP contribution >= 0.6 is 0 Å². The molecule has 4 heterocycles. The van der Waals surface area contributed by atoms with Crippen molar-refractivity contribution in [3.05, 3.63) is 29.4 Å². The predicted octanol–water partition coefficient (Wildman–Crippen LogP) is 1.98. The van der Waals surface area contributed by atoms with Gasteiger partial charge in [0.2, 0.25) is 5.89 Å². The molecule has 1 spiro atoms. The fraction of sp³-hybridized carbons (Fsp3) is 0.688.